The van der Waals surface area contributed by atoms with Crippen molar-refractivity contribution in [3.05, 3.63) is 53.6 Å². The Bertz CT molecular complexity index is 926. The lowest BCUT2D eigenvalue weighted by Gasteiger charge is -2.28. The summed E-state index contributed by atoms with van der Waals surface area (Å²) in [6.45, 7) is 9.94. The molecule has 7 nitrogen and oxygen atoms in total. The van der Waals surface area contributed by atoms with Gasteiger partial charge in [-0.1, -0.05) is 12.1 Å². The summed E-state index contributed by atoms with van der Waals surface area (Å²) in [7, 11) is 0. The summed E-state index contributed by atoms with van der Waals surface area (Å²) in [5.41, 5.74) is 10.00. The van der Waals surface area contributed by atoms with Crippen molar-refractivity contribution in [3.8, 4) is 0 Å². The topological polar surface area (TPSA) is 81.9 Å². The molecule has 3 N–H and O–H groups in total. The zero-order valence-electron chi connectivity index (χ0n) is 18.7. The van der Waals surface area contributed by atoms with Gasteiger partial charge in [0.2, 0.25) is 0 Å². The SMILES string of the molecule is CCN(CC)C(=O)c1cc(N)ccc1N1CCCN(C(=O)Nc2cccc(C)c2)CC1. The Hall–Kier alpha value is -3.22. The van der Waals surface area contributed by atoms with Crippen molar-refractivity contribution in [2.75, 3.05) is 55.2 Å². The number of amides is 3. The van der Waals surface area contributed by atoms with Crippen LogP contribution in [0.4, 0.5) is 21.9 Å². The number of nitrogens with zero attached hydrogens (tertiary/aromatic N) is 3. The Labute approximate surface area is 184 Å². The summed E-state index contributed by atoms with van der Waals surface area (Å²) in [5.74, 6) is -0.00871. The van der Waals surface area contributed by atoms with Gasteiger partial charge in [0.05, 0.1) is 5.56 Å². The number of rotatable bonds is 5. The summed E-state index contributed by atoms with van der Waals surface area (Å²) >= 11 is 0. The van der Waals surface area contributed by atoms with Gasteiger partial charge in [0.1, 0.15) is 0 Å². The van der Waals surface area contributed by atoms with Crippen LogP contribution in [0.2, 0.25) is 0 Å². The van der Waals surface area contributed by atoms with Gasteiger partial charge in [-0.15, -0.1) is 0 Å². The molecule has 0 spiro atoms. The smallest absolute Gasteiger partial charge is 0.321 e. The fourth-order valence-electron chi connectivity index (χ4n) is 3.97. The lowest BCUT2D eigenvalue weighted by Crippen LogP contribution is -2.38. The molecule has 2 aromatic carbocycles. The van der Waals surface area contributed by atoms with E-state index in [1.165, 1.54) is 0 Å². The van der Waals surface area contributed by atoms with E-state index in [2.05, 4.69) is 10.2 Å². The van der Waals surface area contributed by atoms with Crippen LogP contribution in [-0.4, -0.2) is 61.0 Å². The fraction of sp³-hybridized carbons (Fsp3) is 0.417. The van der Waals surface area contributed by atoms with E-state index >= 15 is 0 Å². The minimum atomic E-state index is -0.0933. The van der Waals surface area contributed by atoms with Crippen molar-refractivity contribution in [1.29, 1.82) is 0 Å². The maximum absolute atomic E-state index is 13.1. The number of benzene rings is 2. The fourth-order valence-corrected chi connectivity index (χ4v) is 3.97. The second-order valence-electron chi connectivity index (χ2n) is 7.88. The van der Waals surface area contributed by atoms with E-state index in [1.54, 1.807) is 11.0 Å². The van der Waals surface area contributed by atoms with Gasteiger partial charge >= 0.3 is 6.03 Å². The number of nitrogens with one attached hydrogen (secondary N) is 1. The summed E-state index contributed by atoms with van der Waals surface area (Å²) in [4.78, 5) is 31.7. The van der Waals surface area contributed by atoms with E-state index in [-0.39, 0.29) is 11.9 Å². The Kier molecular flexibility index (Phi) is 7.39. The molecule has 1 aliphatic rings. The van der Waals surface area contributed by atoms with Crippen LogP contribution >= 0.6 is 0 Å². The molecule has 0 bridgehead atoms. The second-order valence-corrected chi connectivity index (χ2v) is 7.88. The minimum absolute atomic E-state index is 0.00871. The number of hydrogen-bond donors (Lipinski definition) is 2. The first kappa shape index (κ1) is 22.5. The third kappa shape index (κ3) is 5.48. The standard InChI is InChI=1S/C24H33N5O2/c1-4-27(5-2)23(30)21-17-19(25)10-11-22(21)28-12-7-13-29(15-14-28)24(31)26-20-9-6-8-18(3)16-20/h6,8-11,16-17H,4-5,7,12-15,25H2,1-3H3,(H,26,31). The second kappa shape index (κ2) is 10.2. The molecule has 166 valence electrons. The van der Waals surface area contributed by atoms with Crippen LogP contribution in [0, 0.1) is 6.92 Å². The Morgan fingerprint density at radius 1 is 1.03 bits per heavy atom. The van der Waals surface area contributed by atoms with Gasteiger partial charge < -0.3 is 25.8 Å². The zero-order valence-corrected chi connectivity index (χ0v) is 18.7. The molecule has 0 aliphatic carbocycles. The predicted octanol–water partition coefficient (Wildman–Crippen LogP) is 3.80. The molecule has 31 heavy (non-hydrogen) atoms. The maximum atomic E-state index is 13.1. The molecular weight excluding hydrogens is 390 g/mol. The highest BCUT2D eigenvalue weighted by molar-refractivity contribution is 6.00. The molecule has 0 radical (unpaired) electrons. The van der Waals surface area contributed by atoms with Gasteiger partial charge in [-0.25, -0.2) is 4.79 Å². The molecule has 0 unspecified atom stereocenters. The van der Waals surface area contributed by atoms with Gasteiger partial charge in [-0.05, 0) is 63.1 Å². The van der Waals surface area contributed by atoms with E-state index in [0.29, 0.717) is 44.0 Å². The van der Waals surface area contributed by atoms with Crippen LogP contribution in [-0.2, 0) is 0 Å². The molecule has 1 fully saturated rings. The molecule has 7 heteroatoms. The lowest BCUT2D eigenvalue weighted by molar-refractivity contribution is 0.0773. The van der Waals surface area contributed by atoms with Crippen LogP contribution in [0.3, 0.4) is 0 Å². The first-order valence-corrected chi connectivity index (χ1v) is 11.0. The summed E-state index contributed by atoms with van der Waals surface area (Å²) in [6, 6.07) is 13.2. The van der Waals surface area contributed by atoms with Crippen LogP contribution in [0.25, 0.3) is 0 Å². The average Bonchev–Trinajstić information content (AvgIpc) is 3.01. The molecule has 3 rings (SSSR count). The number of anilines is 3. The molecule has 3 amide bonds. The molecule has 1 aliphatic heterocycles. The van der Waals surface area contributed by atoms with Gasteiger partial charge in [-0.3, -0.25) is 4.79 Å². The highest BCUT2D eigenvalue weighted by Gasteiger charge is 2.24. The number of urea groups is 1. The normalized spacial score (nSPS) is 14.2. The van der Waals surface area contributed by atoms with E-state index in [0.717, 1.165) is 29.9 Å². The van der Waals surface area contributed by atoms with E-state index in [1.807, 2.05) is 62.1 Å². The maximum Gasteiger partial charge on any atom is 0.321 e. The minimum Gasteiger partial charge on any atom is -0.399 e. The average molecular weight is 424 g/mol. The third-order valence-electron chi connectivity index (χ3n) is 5.69. The lowest BCUT2D eigenvalue weighted by atomic mass is 10.1. The molecule has 1 heterocycles. The van der Waals surface area contributed by atoms with Crippen LogP contribution < -0.4 is 16.0 Å². The molecule has 0 saturated carbocycles. The molecule has 1 saturated heterocycles. The molecule has 2 aromatic rings. The van der Waals surface area contributed by atoms with Gasteiger partial charge in [0, 0.05) is 56.3 Å². The van der Waals surface area contributed by atoms with Crippen molar-refractivity contribution in [3.63, 3.8) is 0 Å². The first-order valence-electron chi connectivity index (χ1n) is 11.0. The first-order chi connectivity index (χ1) is 14.9. The van der Waals surface area contributed by atoms with Gasteiger partial charge in [-0.2, -0.15) is 0 Å². The highest BCUT2D eigenvalue weighted by Crippen LogP contribution is 2.26. The van der Waals surface area contributed by atoms with E-state index < -0.39 is 0 Å². The van der Waals surface area contributed by atoms with Crippen LogP contribution in [0.1, 0.15) is 36.2 Å². The number of carbonyl (C=O) groups excluding carboxylic acids is 2. The number of nitrogen functional groups attached to an aromatic ring is 1. The summed E-state index contributed by atoms with van der Waals surface area (Å²) in [6.07, 6.45) is 0.824. The molecular formula is C24H33N5O2. The number of aryl methyl sites for hydroxylation is 1. The Morgan fingerprint density at radius 3 is 2.52 bits per heavy atom. The van der Waals surface area contributed by atoms with E-state index in [4.69, 9.17) is 5.73 Å². The van der Waals surface area contributed by atoms with Crippen LogP contribution in [0.15, 0.2) is 42.5 Å². The van der Waals surface area contributed by atoms with Crippen molar-refractivity contribution >= 4 is 29.0 Å². The quantitative estimate of drug-likeness (QED) is 0.717. The summed E-state index contributed by atoms with van der Waals surface area (Å²) < 4.78 is 0. The molecule has 0 aromatic heterocycles. The largest absolute Gasteiger partial charge is 0.399 e. The number of hydrogen-bond acceptors (Lipinski definition) is 4. The number of carbonyl (C=O) groups is 2. The molecule has 0 atom stereocenters. The van der Waals surface area contributed by atoms with Crippen molar-refractivity contribution < 1.29 is 9.59 Å². The third-order valence-corrected chi connectivity index (χ3v) is 5.69. The zero-order chi connectivity index (χ0) is 22.4. The predicted molar refractivity (Wildman–Crippen MR) is 127 cm³/mol. The van der Waals surface area contributed by atoms with Crippen molar-refractivity contribution in [2.24, 2.45) is 0 Å². The monoisotopic (exact) mass is 423 g/mol. The highest BCUT2D eigenvalue weighted by atomic mass is 16.2. The van der Waals surface area contributed by atoms with E-state index in [9.17, 15) is 9.59 Å². The van der Waals surface area contributed by atoms with Crippen LogP contribution in [0.5, 0.6) is 0 Å². The van der Waals surface area contributed by atoms with Crippen molar-refractivity contribution in [2.45, 2.75) is 27.2 Å². The van der Waals surface area contributed by atoms with Gasteiger partial charge in [0.25, 0.3) is 5.91 Å². The number of nitrogens with two attached hydrogens (primary N) is 1. The Balaban J connectivity index is 1.73. The van der Waals surface area contributed by atoms with Crippen molar-refractivity contribution in [1.82, 2.24) is 9.80 Å². The summed E-state index contributed by atoms with van der Waals surface area (Å²) in [5, 5.41) is 2.99. The van der Waals surface area contributed by atoms with Gasteiger partial charge in [0.15, 0.2) is 0 Å². The Morgan fingerprint density at radius 2 is 1.81 bits per heavy atom.